The van der Waals surface area contributed by atoms with E-state index in [9.17, 15) is 4.79 Å². The average Bonchev–Trinajstić information content (AvgIpc) is 2.93. The minimum atomic E-state index is -0.438. The van der Waals surface area contributed by atoms with E-state index < -0.39 is 6.10 Å². The molecule has 3 nitrogen and oxygen atoms in total. The van der Waals surface area contributed by atoms with Crippen molar-refractivity contribution in [2.45, 2.75) is 32.8 Å². The lowest BCUT2D eigenvalue weighted by Gasteiger charge is -2.16. The SMILES string of the molecule is CCc1cccc(C)c1NC(=O)[C@H]1Cc2ccccc2O1. The van der Waals surface area contributed by atoms with Gasteiger partial charge in [-0.2, -0.15) is 0 Å². The molecule has 2 aromatic rings. The number of nitrogens with one attached hydrogen (secondary N) is 1. The van der Waals surface area contributed by atoms with Gasteiger partial charge >= 0.3 is 0 Å². The fraction of sp³-hybridized carbons (Fsp3) is 0.278. The van der Waals surface area contributed by atoms with Crippen molar-refractivity contribution in [1.82, 2.24) is 0 Å². The first-order valence-electron chi connectivity index (χ1n) is 7.33. The predicted molar refractivity (Wildman–Crippen MR) is 83.7 cm³/mol. The molecule has 1 aliphatic rings. The molecule has 21 heavy (non-hydrogen) atoms. The molecule has 0 saturated carbocycles. The summed E-state index contributed by atoms with van der Waals surface area (Å²) in [6.45, 7) is 4.10. The number of ether oxygens (including phenoxy) is 1. The largest absolute Gasteiger partial charge is 0.480 e. The van der Waals surface area contributed by atoms with Gasteiger partial charge < -0.3 is 10.1 Å². The maximum atomic E-state index is 12.5. The summed E-state index contributed by atoms with van der Waals surface area (Å²) < 4.78 is 5.74. The molecule has 0 aromatic heterocycles. The van der Waals surface area contributed by atoms with Gasteiger partial charge in [-0.3, -0.25) is 4.79 Å². The van der Waals surface area contributed by atoms with Crippen molar-refractivity contribution in [3.63, 3.8) is 0 Å². The number of aryl methyl sites for hydroxylation is 2. The second-order valence-electron chi connectivity index (χ2n) is 5.37. The molecule has 1 heterocycles. The third-order valence-corrected chi connectivity index (χ3v) is 3.93. The zero-order valence-electron chi connectivity index (χ0n) is 12.3. The van der Waals surface area contributed by atoms with Crippen molar-refractivity contribution < 1.29 is 9.53 Å². The second-order valence-corrected chi connectivity index (χ2v) is 5.37. The average molecular weight is 281 g/mol. The molecule has 0 bridgehead atoms. The highest BCUT2D eigenvalue weighted by Gasteiger charge is 2.29. The highest BCUT2D eigenvalue weighted by atomic mass is 16.5. The Balaban J connectivity index is 1.77. The Morgan fingerprint density at radius 3 is 2.81 bits per heavy atom. The fourth-order valence-corrected chi connectivity index (χ4v) is 2.73. The number of carbonyl (C=O) groups is 1. The summed E-state index contributed by atoms with van der Waals surface area (Å²) in [6.07, 6.45) is 1.09. The number of hydrogen-bond acceptors (Lipinski definition) is 2. The number of hydrogen-bond donors (Lipinski definition) is 1. The van der Waals surface area contributed by atoms with Gasteiger partial charge in [-0.25, -0.2) is 0 Å². The monoisotopic (exact) mass is 281 g/mol. The number of anilines is 1. The van der Waals surface area contributed by atoms with Crippen LogP contribution in [0.15, 0.2) is 42.5 Å². The summed E-state index contributed by atoms with van der Waals surface area (Å²) in [4.78, 5) is 12.5. The Hall–Kier alpha value is -2.29. The van der Waals surface area contributed by atoms with E-state index >= 15 is 0 Å². The lowest BCUT2D eigenvalue weighted by atomic mass is 10.0. The summed E-state index contributed by atoms with van der Waals surface area (Å²) in [6, 6.07) is 13.9. The topological polar surface area (TPSA) is 38.3 Å². The van der Waals surface area contributed by atoms with E-state index in [-0.39, 0.29) is 5.91 Å². The molecule has 3 rings (SSSR count). The van der Waals surface area contributed by atoms with Crippen molar-refractivity contribution in [3.8, 4) is 5.75 Å². The van der Waals surface area contributed by atoms with E-state index in [0.717, 1.165) is 34.5 Å². The van der Waals surface area contributed by atoms with Gasteiger partial charge in [-0.05, 0) is 36.1 Å². The van der Waals surface area contributed by atoms with E-state index in [4.69, 9.17) is 4.74 Å². The minimum Gasteiger partial charge on any atom is -0.480 e. The van der Waals surface area contributed by atoms with Crippen LogP contribution in [-0.2, 0) is 17.6 Å². The van der Waals surface area contributed by atoms with E-state index in [0.29, 0.717) is 6.42 Å². The summed E-state index contributed by atoms with van der Waals surface area (Å²) >= 11 is 0. The molecule has 108 valence electrons. The van der Waals surface area contributed by atoms with Crippen molar-refractivity contribution in [2.24, 2.45) is 0 Å². The number of rotatable bonds is 3. The third kappa shape index (κ3) is 2.64. The molecule has 0 saturated heterocycles. The molecule has 1 atom stereocenters. The Bertz CT molecular complexity index is 654. The van der Waals surface area contributed by atoms with Gasteiger partial charge in [-0.1, -0.05) is 43.3 Å². The summed E-state index contributed by atoms with van der Waals surface area (Å²) in [5, 5.41) is 3.04. The Labute approximate surface area is 124 Å². The zero-order chi connectivity index (χ0) is 14.8. The molecule has 0 fully saturated rings. The first kappa shape index (κ1) is 13.7. The molecule has 1 amide bonds. The van der Waals surface area contributed by atoms with Crippen LogP contribution < -0.4 is 10.1 Å². The normalized spacial score (nSPS) is 16.2. The third-order valence-electron chi connectivity index (χ3n) is 3.93. The van der Waals surface area contributed by atoms with Crippen molar-refractivity contribution in [1.29, 1.82) is 0 Å². The first-order chi connectivity index (χ1) is 10.2. The molecule has 0 radical (unpaired) electrons. The number of amides is 1. The summed E-state index contributed by atoms with van der Waals surface area (Å²) in [5.41, 5.74) is 4.25. The van der Waals surface area contributed by atoms with E-state index in [1.54, 1.807) is 0 Å². The standard InChI is InChI=1S/C18H19NO2/c1-3-13-9-6-7-12(2)17(13)19-18(20)16-11-14-8-4-5-10-15(14)21-16/h4-10,16H,3,11H2,1-2H3,(H,19,20)/t16-/m1/s1. The van der Waals surface area contributed by atoms with Gasteiger partial charge in [0.05, 0.1) is 0 Å². The van der Waals surface area contributed by atoms with E-state index in [1.807, 2.05) is 49.4 Å². The van der Waals surface area contributed by atoms with Crippen LogP contribution >= 0.6 is 0 Å². The minimum absolute atomic E-state index is 0.0739. The van der Waals surface area contributed by atoms with Crippen LogP contribution in [0.25, 0.3) is 0 Å². The van der Waals surface area contributed by atoms with E-state index in [2.05, 4.69) is 12.2 Å². The Morgan fingerprint density at radius 1 is 1.24 bits per heavy atom. The van der Waals surface area contributed by atoms with Crippen molar-refractivity contribution >= 4 is 11.6 Å². The molecule has 3 heteroatoms. The highest BCUT2D eigenvalue weighted by Crippen LogP contribution is 2.29. The molecule has 0 unspecified atom stereocenters. The number of para-hydroxylation sites is 2. The van der Waals surface area contributed by atoms with Gasteiger partial charge in [0.25, 0.3) is 5.91 Å². The molecule has 1 aliphatic heterocycles. The fourth-order valence-electron chi connectivity index (χ4n) is 2.73. The van der Waals surface area contributed by atoms with Gasteiger partial charge in [0.15, 0.2) is 6.10 Å². The maximum Gasteiger partial charge on any atom is 0.265 e. The smallest absolute Gasteiger partial charge is 0.265 e. The lowest BCUT2D eigenvalue weighted by molar-refractivity contribution is -0.122. The van der Waals surface area contributed by atoms with Crippen LogP contribution in [0, 0.1) is 6.92 Å². The number of benzene rings is 2. The summed E-state index contributed by atoms with van der Waals surface area (Å²) in [7, 11) is 0. The van der Waals surface area contributed by atoms with E-state index in [1.165, 1.54) is 0 Å². The first-order valence-corrected chi connectivity index (χ1v) is 7.33. The van der Waals surface area contributed by atoms with Crippen LogP contribution in [0.5, 0.6) is 5.75 Å². The van der Waals surface area contributed by atoms with Crippen molar-refractivity contribution in [2.75, 3.05) is 5.32 Å². The Kier molecular flexibility index (Phi) is 3.65. The van der Waals surface area contributed by atoms with Gasteiger partial charge in [0, 0.05) is 12.1 Å². The molecular weight excluding hydrogens is 262 g/mol. The molecule has 1 N–H and O–H groups in total. The highest BCUT2D eigenvalue weighted by molar-refractivity contribution is 5.96. The molecular formula is C18H19NO2. The van der Waals surface area contributed by atoms with Crippen LogP contribution in [0.1, 0.15) is 23.6 Å². The maximum absolute atomic E-state index is 12.5. The van der Waals surface area contributed by atoms with Crippen molar-refractivity contribution in [3.05, 3.63) is 59.2 Å². The molecule has 0 spiro atoms. The predicted octanol–water partition coefficient (Wildman–Crippen LogP) is 3.50. The van der Waals surface area contributed by atoms with Gasteiger partial charge in [0.2, 0.25) is 0 Å². The Morgan fingerprint density at radius 2 is 2.05 bits per heavy atom. The van der Waals surface area contributed by atoms with Gasteiger partial charge in [0.1, 0.15) is 5.75 Å². The van der Waals surface area contributed by atoms with Gasteiger partial charge in [-0.15, -0.1) is 0 Å². The van der Waals surface area contributed by atoms with Crippen LogP contribution in [-0.4, -0.2) is 12.0 Å². The molecule has 0 aliphatic carbocycles. The van der Waals surface area contributed by atoms with Crippen LogP contribution in [0.3, 0.4) is 0 Å². The zero-order valence-corrected chi connectivity index (χ0v) is 12.3. The molecule has 2 aromatic carbocycles. The second kappa shape index (κ2) is 5.60. The summed E-state index contributed by atoms with van der Waals surface area (Å²) in [5.74, 6) is 0.744. The lowest BCUT2D eigenvalue weighted by Crippen LogP contribution is -2.32. The quantitative estimate of drug-likeness (QED) is 0.935. The number of fused-ring (bicyclic) bond motifs is 1. The van der Waals surface area contributed by atoms with Crippen LogP contribution in [0.2, 0.25) is 0 Å². The van der Waals surface area contributed by atoms with Crippen LogP contribution in [0.4, 0.5) is 5.69 Å². The number of carbonyl (C=O) groups excluding carboxylic acids is 1.